The van der Waals surface area contributed by atoms with Crippen LogP contribution < -0.4 is 61.5 Å². The molecule has 0 bridgehead atoms. The third-order valence-electron chi connectivity index (χ3n) is 21.5. The van der Waals surface area contributed by atoms with Crippen molar-refractivity contribution in [1.82, 2.24) is 47.0 Å². The zero-order valence-corrected chi connectivity index (χ0v) is 64.0. The number of hydrogen-bond acceptors (Lipinski definition) is 24. The van der Waals surface area contributed by atoms with E-state index in [0.717, 1.165) is 67.8 Å². The summed E-state index contributed by atoms with van der Waals surface area (Å²) in [5.41, 5.74) is 4.31. The number of phenolic OH excluding ortho intramolecular Hbond substituents is 1. The number of methoxy groups -OCH3 is 2. The minimum absolute atomic E-state index is 0.00110. The van der Waals surface area contributed by atoms with Gasteiger partial charge in [-0.25, -0.2) is 9.36 Å². The second-order valence-electron chi connectivity index (χ2n) is 29.9. The van der Waals surface area contributed by atoms with Gasteiger partial charge in [-0.2, -0.15) is 0 Å². The van der Waals surface area contributed by atoms with Gasteiger partial charge in [0.25, 0.3) is 0 Å². The average molecular weight is 1540 g/mol. The fourth-order valence-corrected chi connectivity index (χ4v) is 20.0. The maximum atomic E-state index is 15.9. The number of aromatic hydroxyl groups is 1. The standard InChI is InChI=1S/C76H103N10O18PS2/c1-45(87)79-60(39-46-21-24-48(88)25-22-46)70(91)85-37-14-20-63(85)57-30-28-55(81-57)56-29-32-59(82-56)68(89)84-62(43-107-106-42-52(77)72(93)94)71(92)86-64(58-31-27-54(80-58)53-19-13-36-78-53)33-34-65(86)69(90)83-61(73(95)99-6)40-47-23-26-51(41-66(47)98-5)100-44-76(74(96)75(2,3)4)67(35-38-101-76)104-105(97,102-49-15-9-7-10-16-49)103-50-17-11-8-12-18-50/h7-12,15-18,21-26,41,52-65,67,78,80-82,88H,13-14,19-20,27-40,42-44,77H2,1-6H3,(H,79,87)(H,83,90)(H,84,89)(H,93,94)/t52-,53?,54?,55?,56?,57?,58?,59?,60-,61-,62-,63?,64?,65?,67?,76?/m0/s1. The molecule has 0 aromatic heterocycles. The summed E-state index contributed by atoms with van der Waals surface area (Å²) in [6.45, 7) is 7.63. The molecule has 0 radical (unpaired) electrons. The molecule has 0 aliphatic carbocycles. The van der Waals surface area contributed by atoms with E-state index in [1.807, 2.05) is 4.90 Å². The first-order valence-corrected chi connectivity index (χ1v) is 41.1. The zero-order chi connectivity index (χ0) is 76.2. The first kappa shape index (κ1) is 80.5. The van der Waals surface area contributed by atoms with E-state index in [4.69, 9.17) is 38.3 Å². The fraction of sp³-hybridized carbons (Fsp3) is 0.579. The number of phosphoric acid groups is 1. The van der Waals surface area contributed by atoms with Crippen molar-refractivity contribution >= 4 is 76.7 Å². The number of amides is 5. The Kier molecular flexibility index (Phi) is 27.3. The van der Waals surface area contributed by atoms with Gasteiger partial charge in [0.2, 0.25) is 29.5 Å². The number of phenols is 1. The second-order valence-corrected chi connectivity index (χ2v) is 33.9. The molecule has 7 aliphatic heterocycles. The number of benzene rings is 4. The van der Waals surface area contributed by atoms with Crippen molar-refractivity contribution in [3.63, 3.8) is 0 Å². The summed E-state index contributed by atoms with van der Waals surface area (Å²) in [6.07, 6.45) is 7.38. The number of esters is 1. The van der Waals surface area contributed by atoms with Crippen LogP contribution in [0, 0.1) is 5.41 Å². The van der Waals surface area contributed by atoms with E-state index in [0.29, 0.717) is 37.8 Å². The number of nitrogens with zero attached hydrogens (tertiary/aromatic N) is 2. The number of ketones is 1. The average Bonchev–Trinajstić information content (AvgIpc) is 1.67. The van der Waals surface area contributed by atoms with E-state index in [1.54, 1.807) is 129 Å². The Morgan fingerprint density at radius 1 is 0.673 bits per heavy atom. The minimum Gasteiger partial charge on any atom is -0.508 e. The highest BCUT2D eigenvalue weighted by molar-refractivity contribution is 8.76. The number of carboxylic acid groups (broad SMARTS) is 1. The summed E-state index contributed by atoms with van der Waals surface area (Å²) < 4.78 is 57.2. The molecule has 0 saturated carbocycles. The SMILES string of the molecule is COC(=O)[C@H](Cc1ccc(OCC2(C(=O)C(C)(C)C)OCCC2OP(=O)(Oc2ccccc2)Oc2ccccc2)cc1OC)NC(=O)C1CCC(C2CCC(C3CCCN3)N2)N1C(=O)[C@H](CSSC[C@H](N)C(=O)O)NC(=O)C1CCC(C2CCC(C3CCCN3C(=O)[C@H](Cc3ccc(O)cc3)NC(C)=O)N2)N1. The van der Waals surface area contributed by atoms with Gasteiger partial charge in [0.15, 0.2) is 11.4 Å². The number of phosphoric ester groups is 1. The fourth-order valence-electron chi connectivity index (χ4n) is 16.2. The Morgan fingerprint density at radius 3 is 1.94 bits per heavy atom. The van der Waals surface area contributed by atoms with Crippen LogP contribution in [0.15, 0.2) is 103 Å². The van der Waals surface area contributed by atoms with E-state index < -0.39 is 109 Å². The molecule has 582 valence electrons. The Labute approximate surface area is 632 Å². The van der Waals surface area contributed by atoms with Crippen LogP contribution >= 0.6 is 29.4 Å². The number of para-hydroxylation sites is 2. The van der Waals surface area contributed by atoms with Crippen molar-refractivity contribution in [1.29, 1.82) is 0 Å². The van der Waals surface area contributed by atoms with Crippen LogP contribution in [0.5, 0.6) is 28.7 Å². The molecule has 4 aromatic rings. The lowest BCUT2D eigenvalue weighted by Gasteiger charge is -2.37. The molecule has 12 unspecified atom stereocenters. The van der Waals surface area contributed by atoms with Crippen molar-refractivity contribution in [2.45, 2.75) is 220 Å². The van der Waals surface area contributed by atoms with Crippen LogP contribution in [-0.4, -0.2) is 216 Å². The highest BCUT2D eigenvalue weighted by Crippen LogP contribution is 2.54. The normalized spacial score (nSPS) is 26.9. The predicted molar refractivity (Wildman–Crippen MR) is 402 cm³/mol. The Bertz CT molecular complexity index is 3760. The van der Waals surface area contributed by atoms with Crippen molar-refractivity contribution < 1.29 is 85.7 Å². The Balaban J connectivity index is 0.790. The van der Waals surface area contributed by atoms with E-state index in [1.165, 1.54) is 31.9 Å². The molecule has 11 N–H and O–H groups in total. The lowest BCUT2D eigenvalue weighted by atomic mass is 9.78. The maximum Gasteiger partial charge on any atom is 0.587 e. The molecule has 7 saturated heterocycles. The first-order valence-electron chi connectivity index (χ1n) is 37.2. The van der Waals surface area contributed by atoms with Crippen LogP contribution in [0.4, 0.5) is 0 Å². The molecule has 0 spiro atoms. The van der Waals surface area contributed by atoms with E-state index >= 15 is 9.59 Å². The van der Waals surface area contributed by atoms with Crippen molar-refractivity contribution in [2.24, 2.45) is 11.1 Å². The lowest BCUT2D eigenvalue weighted by Crippen LogP contribution is -2.62. The zero-order valence-electron chi connectivity index (χ0n) is 61.5. The van der Waals surface area contributed by atoms with Gasteiger partial charge < -0.3 is 91.0 Å². The number of ether oxygens (including phenoxy) is 4. The number of rotatable bonds is 33. The molecule has 28 nitrogen and oxygen atoms in total. The summed E-state index contributed by atoms with van der Waals surface area (Å²) in [5, 5.41) is 43.3. The Hall–Kier alpha value is -7.51. The van der Waals surface area contributed by atoms with Gasteiger partial charge in [-0.3, -0.25) is 38.1 Å². The summed E-state index contributed by atoms with van der Waals surface area (Å²) in [7, 11) is 0.401. The van der Waals surface area contributed by atoms with Gasteiger partial charge in [-0.05, 0) is 137 Å². The van der Waals surface area contributed by atoms with E-state index in [2.05, 4.69) is 37.2 Å². The van der Waals surface area contributed by atoms with Crippen LogP contribution in [-0.2, 0) is 69.8 Å². The number of nitrogens with one attached hydrogen (secondary N) is 7. The van der Waals surface area contributed by atoms with Crippen LogP contribution in [0.3, 0.4) is 0 Å². The molecule has 31 heteroatoms. The largest absolute Gasteiger partial charge is 0.587 e. The summed E-state index contributed by atoms with van der Waals surface area (Å²) in [5.74, 6) is -3.52. The number of carbonyl (C=O) groups is 8. The molecule has 7 heterocycles. The highest BCUT2D eigenvalue weighted by atomic mass is 33.1. The number of carbonyl (C=O) groups excluding carboxylic acids is 7. The van der Waals surface area contributed by atoms with E-state index in [9.17, 15) is 43.5 Å². The lowest BCUT2D eigenvalue weighted by molar-refractivity contribution is -0.159. The summed E-state index contributed by atoms with van der Waals surface area (Å²) in [4.78, 5) is 117. The van der Waals surface area contributed by atoms with Gasteiger partial charge in [0, 0.05) is 104 Å². The summed E-state index contributed by atoms with van der Waals surface area (Å²) in [6, 6.07) is 21.0. The molecule has 4 aromatic carbocycles. The molecular weight excluding hydrogens is 1440 g/mol. The molecular formula is C76H103N10O18PS2. The predicted octanol–water partition coefficient (Wildman–Crippen LogP) is 5.90. The Morgan fingerprint density at radius 2 is 1.31 bits per heavy atom. The summed E-state index contributed by atoms with van der Waals surface area (Å²) >= 11 is 0. The monoisotopic (exact) mass is 1540 g/mol. The third kappa shape index (κ3) is 20.1. The highest BCUT2D eigenvalue weighted by Gasteiger charge is 2.59. The topological polar surface area (TPSA) is 375 Å². The van der Waals surface area contributed by atoms with Crippen molar-refractivity contribution in [2.75, 3.05) is 52.0 Å². The molecule has 5 amide bonds. The quantitative estimate of drug-likeness (QED) is 0.0115. The van der Waals surface area contributed by atoms with E-state index in [-0.39, 0.29) is 127 Å². The third-order valence-corrected chi connectivity index (χ3v) is 25.3. The van der Waals surface area contributed by atoms with Crippen LogP contribution in [0.1, 0.15) is 122 Å². The number of Topliss-reactive ketones (excluding diaryl/α,β-unsaturated/α-hetero) is 1. The molecule has 7 aliphatic rings. The molecule has 107 heavy (non-hydrogen) atoms. The second kappa shape index (κ2) is 36.3. The van der Waals surface area contributed by atoms with Gasteiger partial charge in [0.05, 0.1) is 26.9 Å². The number of carboxylic acids is 1. The maximum absolute atomic E-state index is 15.9. The van der Waals surface area contributed by atoms with Gasteiger partial charge in [0.1, 0.15) is 71.7 Å². The smallest absolute Gasteiger partial charge is 0.508 e. The number of nitrogens with two attached hydrogens (primary N) is 1. The van der Waals surface area contributed by atoms with Gasteiger partial charge in [-0.1, -0.05) is 97.0 Å². The molecule has 16 atom stereocenters. The van der Waals surface area contributed by atoms with Gasteiger partial charge in [-0.15, -0.1) is 0 Å². The van der Waals surface area contributed by atoms with Crippen molar-refractivity contribution in [3.8, 4) is 28.7 Å². The van der Waals surface area contributed by atoms with Crippen LogP contribution in [0.25, 0.3) is 0 Å². The van der Waals surface area contributed by atoms with Crippen molar-refractivity contribution in [3.05, 3.63) is 114 Å². The number of aliphatic carboxylic acids is 1. The number of hydrogen-bond donors (Lipinski definition) is 10. The molecule has 7 fully saturated rings. The molecule has 11 rings (SSSR count). The number of likely N-dealkylation sites (tertiary alicyclic amines) is 2. The van der Waals surface area contributed by atoms with Gasteiger partial charge >= 0.3 is 19.8 Å². The first-order chi connectivity index (χ1) is 51.3. The minimum atomic E-state index is -4.57. The van der Waals surface area contributed by atoms with Crippen LogP contribution in [0.2, 0.25) is 0 Å².